The van der Waals surface area contributed by atoms with Crippen molar-refractivity contribution < 1.29 is 9.53 Å². The van der Waals surface area contributed by atoms with Crippen LogP contribution >= 0.6 is 34.5 Å². The Kier molecular flexibility index (Phi) is 5.66. The molecule has 0 saturated heterocycles. The third kappa shape index (κ3) is 4.34. The molecule has 0 bridgehead atoms. The van der Waals surface area contributed by atoms with E-state index in [9.17, 15) is 4.79 Å². The first-order valence-electron chi connectivity index (χ1n) is 8.72. The average Bonchev–Trinajstić information content (AvgIpc) is 3.28. The Morgan fingerprint density at radius 2 is 2.07 bits per heavy atom. The van der Waals surface area contributed by atoms with Crippen LogP contribution in [0.2, 0.25) is 10.0 Å². The van der Waals surface area contributed by atoms with Crippen LogP contribution in [0.4, 0.5) is 5.69 Å². The van der Waals surface area contributed by atoms with Crippen molar-refractivity contribution >= 4 is 51.1 Å². The predicted octanol–water partition coefficient (Wildman–Crippen LogP) is 4.74. The number of rotatable bonds is 6. The van der Waals surface area contributed by atoms with Crippen molar-refractivity contribution in [1.82, 2.24) is 19.8 Å². The van der Waals surface area contributed by atoms with Crippen molar-refractivity contribution in [2.75, 3.05) is 11.9 Å². The molecule has 1 amide bonds. The van der Waals surface area contributed by atoms with E-state index in [1.165, 1.54) is 11.3 Å². The van der Waals surface area contributed by atoms with E-state index in [1.807, 2.05) is 25.1 Å². The highest BCUT2D eigenvalue weighted by Gasteiger charge is 2.13. The molecule has 148 valence electrons. The van der Waals surface area contributed by atoms with Crippen molar-refractivity contribution in [1.29, 1.82) is 0 Å². The van der Waals surface area contributed by atoms with Crippen LogP contribution < -0.4 is 10.1 Å². The molecule has 4 rings (SSSR count). The number of nitrogens with one attached hydrogen (secondary N) is 1. The van der Waals surface area contributed by atoms with E-state index in [0.717, 1.165) is 27.8 Å². The Balaban J connectivity index is 1.45. The first-order valence-corrected chi connectivity index (χ1v) is 10.3. The SMILES string of the molecule is CCc1nnc2sc(-c3cccc(NC(=O)COc4ccc(Cl)cc4Cl)c3)nn12. The minimum atomic E-state index is -0.306. The molecule has 0 aliphatic carbocycles. The molecule has 0 aliphatic rings. The van der Waals surface area contributed by atoms with Crippen molar-refractivity contribution in [2.24, 2.45) is 0 Å². The topological polar surface area (TPSA) is 81.4 Å². The number of aryl methyl sites for hydroxylation is 1. The molecule has 2 aromatic carbocycles. The summed E-state index contributed by atoms with van der Waals surface area (Å²) in [5.74, 6) is 0.899. The lowest BCUT2D eigenvalue weighted by atomic mass is 10.2. The monoisotopic (exact) mass is 447 g/mol. The zero-order chi connectivity index (χ0) is 20.4. The number of amides is 1. The van der Waals surface area contributed by atoms with Crippen molar-refractivity contribution in [3.8, 4) is 16.3 Å². The van der Waals surface area contributed by atoms with E-state index in [2.05, 4.69) is 20.6 Å². The first kappa shape index (κ1) is 19.6. The van der Waals surface area contributed by atoms with Gasteiger partial charge in [-0.25, -0.2) is 0 Å². The van der Waals surface area contributed by atoms with Crippen molar-refractivity contribution in [3.63, 3.8) is 0 Å². The van der Waals surface area contributed by atoms with Gasteiger partial charge in [0.2, 0.25) is 4.96 Å². The van der Waals surface area contributed by atoms with Gasteiger partial charge in [0.25, 0.3) is 5.91 Å². The summed E-state index contributed by atoms with van der Waals surface area (Å²) in [7, 11) is 0. The molecule has 0 saturated carbocycles. The highest BCUT2D eigenvalue weighted by Crippen LogP contribution is 2.29. The van der Waals surface area contributed by atoms with E-state index in [0.29, 0.717) is 21.5 Å². The number of nitrogens with zero attached hydrogens (tertiary/aromatic N) is 4. The van der Waals surface area contributed by atoms with Crippen LogP contribution in [0.15, 0.2) is 42.5 Å². The second kappa shape index (κ2) is 8.36. The van der Waals surface area contributed by atoms with Gasteiger partial charge in [-0.2, -0.15) is 9.61 Å². The molecule has 0 aliphatic heterocycles. The number of carbonyl (C=O) groups is 1. The van der Waals surface area contributed by atoms with Crippen LogP contribution in [-0.4, -0.2) is 32.3 Å². The minimum Gasteiger partial charge on any atom is -0.482 e. The molecule has 7 nitrogen and oxygen atoms in total. The van der Waals surface area contributed by atoms with Gasteiger partial charge in [-0.05, 0) is 30.3 Å². The number of hydrogen-bond donors (Lipinski definition) is 1. The minimum absolute atomic E-state index is 0.178. The fraction of sp³-hybridized carbons (Fsp3) is 0.158. The average molecular weight is 448 g/mol. The number of ether oxygens (including phenoxy) is 1. The zero-order valence-corrected chi connectivity index (χ0v) is 17.6. The Labute approximate surface area is 180 Å². The van der Waals surface area contributed by atoms with Crippen LogP contribution in [-0.2, 0) is 11.2 Å². The molecule has 2 heterocycles. The third-order valence-corrected chi connectivity index (χ3v) is 5.50. The Bertz CT molecular complexity index is 1190. The number of benzene rings is 2. The molecule has 0 fully saturated rings. The molecule has 0 radical (unpaired) electrons. The fourth-order valence-electron chi connectivity index (χ4n) is 2.66. The quantitative estimate of drug-likeness (QED) is 0.461. The molecule has 0 spiro atoms. The molecular weight excluding hydrogens is 433 g/mol. The molecule has 10 heteroatoms. The van der Waals surface area contributed by atoms with E-state index >= 15 is 0 Å². The first-order chi connectivity index (χ1) is 14.0. The Hall–Kier alpha value is -2.68. The van der Waals surface area contributed by atoms with E-state index < -0.39 is 0 Å². The highest BCUT2D eigenvalue weighted by molar-refractivity contribution is 7.19. The van der Waals surface area contributed by atoms with Gasteiger partial charge in [0.05, 0.1) is 5.02 Å². The number of halogens is 2. The number of aromatic nitrogens is 4. The number of fused-ring (bicyclic) bond motifs is 1. The van der Waals surface area contributed by atoms with Gasteiger partial charge in [0, 0.05) is 22.7 Å². The summed E-state index contributed by atoms with van der Waals surface area (Å²) in [5, 5.41) is 17.3. The van der Waals surface area contributed by atoms with Gasteiger partial charge in [0.1, 0.15) is 10.8 Å². The van der Waals surface area contributed by atoms with Gasteiger partial charge in [-0.3, -0.25) is 4.79 Å². The lowest BCUT2D eigenvalue weighted by molar-refractivity contribution is -0.118. The normalized spacial score (nSPS) is 11.0. The van der Waals surface area contributed by atoms with Crippen LogP contribution in [0, 0.1) is 0 Å². The predicted molar refractivity (Wildman–Crippen MR) is 114 cm³/mol. The highest BCUT2D eigenvalue weighted by atomic mass is 35.5. The van der Waals surface area contributed by atoms with Gasteiger partial charge < -0.3 is 10.1 Å². The van der Waals surface area contributed by atoms with Gasteiger partial charge >= 0.3 is 0 Å². The summed E-state index contributed by atoms with van der Waals surface area (Å²) in [4.78, 5) is 13.0. The third-order valence-electron chi connectivity index (χ3n) is 4.02. The number of anilines is 1. The van der Waals surface area contributed by atoms with Crippen molar-refractivity contribution in [2.45, 2.75) is 13.3 Å². The van der Waals surface area contributed by atoms with E-state index in [-0.39, 0.29) is 12.5 Å². The van der Waals surface area contributed by atoms with Crippen LogP contribution in [0.25, 0.3) is 15.5 Å². The summed E-state index contributed by atoms with van der Waals surface area (Å²) >= 11 is 13.3. The maximum atomic E-state index is 12.3. The summed E-state index contributed by atoms with van der Waals surface area (Å²) in [5.41, 5.74) is 1.52. The van der Waals surface area contributed by atoms with Crippen molar-refractivity contribution in [3.05, 3.63) is 58.3 Å². The molecule has 1 N–H and O–H groups in total. The summed E-state index contributed by atoms with van der Waals surface area (Å²) in [6.45, 7) is 1.83. The maximum Gasteiger partial charge on any atom is 0.262 e. The van der Waals surface area contributed by atoms with E-state index in [4.69, 9.17) is 27.9 Å². The zero-order valence-electron chi connectivity index (χ0n) is 15.2. The maximum absolute atomic E-state index is 12.3. The van der Waals surface area contributed by atoms with Crippen LogP contribution in [0.3, 0.4) is 0 Å². The smallest absolute Gasteiger partial charge is 0.262 e. The number of hydrogen-bond acceptors (Lipinski definition) is 6. The largest absolute Gasteiger partial charge is 0.482 e. The van der Waals surface area contributed by atoms with Crippen LogP contribution in [0.5, 0.6) is 5.75 Å². The second-order valence-electron chi connectivity index (χ2n) is 6.06. The Morgan fingerprint density at radius 1 is 1.21 bits per heavy atom. The summed E-state index contributed by atoms with van der Waals surface area (Å²) in [6.07, 6.45) is 0.748. The molecule has 29 heavy (non-hydrogen) atoms. The second-order valence-corrected chi connectivity index (χ2v) is 7.86. The summed E-state index contributed by atoms with van der Waals surface area (Å²) in [6, 6.07) is 12.3. The summed E-state index contributed by atoms with van der Waals surface area (Å²) < 4.78 is 7.21. The number of carbonyl (C=O) groups excluding carboxylic acids is 1. The standard InChI is InChI=1S/C19H15Cl2N5O2S/c1-2-16-23-24-19-26(16)25-18(29-19)11-4-3-5-13(8-11)22-17(27)10-28-15-7-6-12(20)9-14(15)21/h3-9H,2,10H2,1H3,(H,22,27). The molecule has 0 unspecified atom stereocenters. The van der Waals surface area contributed by atoms with Gasteiger partial charge in [-0.15, -0.1) is 10.2 Å². The molecule has 4 aromatic rings. The van der Waals surface area contributed by atoms with E-state index in [1.54, 1.807) is 28.8 Å². The lowest BCUT2D eigenvalue weighted by Gasteiger charge is -2.09. The lowest BCUT2D eigenvalue weighted by Crippen LogP contribution is -2.20. The Morgan fingerprint density at radius 3 is 2.86 bits per heavy atom. The fourth-order valence-corrected chi connectivity index (χ4v) is 3.97. The van der Waals surface area contributed by atoms with Gasteiger partial charge in [0.15, 0.2) is 12.4 Å². The molecule has 0 atom stereocenters. The van der Waals surface area contributed by atoms with Crippen LogP contribution in [0.1, 0.15) is 12.7 Å². The molecular formula is C19H15Cl2N5O2S. The van der Waals surface area contributed by atoms with Gasteiger partial charge in [-0.1, -0.05) is 53.6 Å². The molecule has 2 aromatic heterocycles.